The van der Waals surface area contributed by atoms with Crippen LogP contribution in [0.5, 0.6) is 0 Å². The van der Waals surface area contributed by atoms with Crippen LogP contribution in [0.15, 0.2) is 28.2 Å². The van der Waals surface area contributed by atoms with Gasteiger partial charge in [-0.3, -0.25) is 0 Å². The molecule has 0 aliphatic carbocycles. The minimum Gasteiger partial charge on any atom is -0.334 e. The molecule has 0 aromatic carbocycles. The Morgan fingerprint density at radius 1 is 1.32 bits per heavy atom. The maximum Gasteiger partial charge on any atom is 0.171 e. The maximum absolute atomic E-state index is 4.77. The highest BCUT2D eigenvalue weighted by Gasteiger charge is 2.17. The van der Waals surface area contributed by atoms with Gasteiger partial charge < -0.3 is 4.57 Å². The lowest BCUT2D eigenvalue weighted by Crippen LogP contribution is -2.00. The first-order chi connectivity index (χ1) is 9.08. The van der Waals surface area contributed by atoms with Crippen LogP contribution in [0.25, 0.3) is 21.7 Å². The van der Waals surface area contributed by atoms with Crippen molar-refractivity contribution in [1.29, 1.82) is 0 Å². The van der Waals surface area contributed by atoms with Crippen molar-refractivity contribution in [3.8, 4) is 10.7 Å². The van der Waals surface area contributed by atoms with Gasteiger partial charge in [0.2, 0.25) is 0 Å². The van der Waals surface area contributed by atoms with Gasteiger partial charge in [-0.2, -0.15) is 0 Å². The zero-order valence-electron chi connectivity index (χ0n) is 11.0. The molecule has 0 unspecified atom stereocenters. The average Bonchev–Trinajstić information content (AvgIpc) is 2.98. The summed E-state index contributed by atoms with van der Waals surface area (Å²) in [7, 11) is 2.02. The molecule has 3 nitrogen and oxygen atoms in total. The second kappa shape index (κ2) is 4.72. The van der Waals surface area contributed by atoms with E-state index < -0.39 is 0 Å². The summed E-state index contributed by atoms with van der Waals surface area (Å²) >= 11 is 5.28. The van der Waals surface area contributed by atoms with Crippen LogP contribution in [0.1, 0.15) is 25.5 Å². The van der Waals surface area contributed by atoms with Gasteiger partial charge in [0, 0.05) is 17.7 Å². The van der Waals surface area contributed by atoms with Crippen molar-refractivity contribution in [2.45, 2.75) is 19.8 Å². The van der Waals surface area contributed by atoms with Crippen LogP contribution < -0.4 is 0 Å². The van der Waals surface area contributed by atoms with Crippen LogP contribution >= 0.6 is 27.3 Å². The molecule has 98 valence electrons. The fraction of sp³-hybridized carbons (Fsp3) is 0.286. The number of aromatic nitrogens is 3. The van der Waals surface area contributed by atoms with Gasteiger partial charge in [-0.15, -0.1) is 11.3 Å². The highest BCUT2D eigenvalue weighted by atomic mass is 79.9. The van der Waals surface area contributed by atoms with Gasteiger partial charge in [-0.25, -0.2) is 9.97 Å². The molecule has 3 rings (SSSR count). The summed E-state index contributed by atoms with van der Waals surface area (Å²) in [6, 6.07) is 4.09. The third kappa shape index (κ3) is 2.11. The Labute approximate surface area is 124 Å². The van der Waals surface area contributed by atoms with Crippen LogP contribution in [-0.2, 0) is 7.05 Å². The number of halogens is 1. The SMILES string of the molecule is CC(C)c1nc(-c2cccs2)nc2c1c(Br)cn2C. The zero-order valence-corrected chi connectivity index (χ0v) is 13.4. The summed E-state index contributed by atoms with van der Waals surface area (Å²) in [4.78, 5) is 10.6. The number of aryl methyl sites for hydroxylation is 1. The third-order valence-electron chi connectivity index (χ3n) is 3.09. The molecule has 0 aliphatic heterocycles. The van der Waals surface area contributed by atoms with E-state index in [4.69, 9.17) is 9.97 Å². The van der Waals surface area contributed by atoms with Crippen molar-refractivity contribution < 1.29 is 0 Å². The molecule has 0 saturated heterocycles. The standard InChI is InChI=1S/C14H14BrN3S/c1-8(2)12-11-9(15)7-18(3)14(11)17-13(16-12)10-5-4-6-19-10/h4-8H,1-3H3. The molecule has 0 bridgehead atoms. The number of thiophene rings is 1. The predicted molar refractivity (Wildman–Crippen MR) is 83.6 cm³/mol. The Hall–Kier alpha value is -1.20. The van der Waals surface area contributed by atoms with Gasteiger partial charge in [0.05, 0.1) is 16.0 Å². The first kappa shape index (κ1) is 12.8. The van der Waals surface area contributed by atoms with Crippen molar-refractivity contribution in [1.82, 2.24) is 14.5 Å². The molecule has 0 fully saturated rings. The molecule has 19 heavy (non-hydrogen) atoms. The Bertz CT molecular complexity index is 729. The van der Waals surface area contributed by atoms with E-state index in [-0.39, 0.29) is 0 Å². The lowest BCUT2D eigenvalue weighted by atomic mass is 10.1. The first-order valence-electron chi connectivity index (χ1n) is 6.14. The van der Waals surface area contributed by atoms with E-state index >= 15 is 0 Å². The zero-order chi connectivity index (χ0) is 13.6. The maximum atomic E-state index is 4.77. The van der Waals surface area contributed by atoms with E-state index in [1.54, 1.807) is 11.3 Å². The summed E-state index contributed by atoms with van der Waals surface area (Å²) in [6.07, 6.45) is 2.05. The summed E-state index contributed by atoms with van der Waals surface area (Å²) < 4.78 is 3.11. The van der Waals surface area contributed by atoms with Crippen molar-refractivity contribution in [2.24, 2.45) is 7.05 Å². The van der Waals surface area contributed by atoms with Crippen LogP contribution in [0.4, 0.5) is 0 Å². The molecule has 5 heteroatoms. The average molecular weight is 336 g/mol. The van der Waals surface area contributed by atoms with E-state index in [1.807, 2.05) is 23.9 Å². The van der Waals surface area contributed by atoms with Crippen molar-refractivity contribution in [3.05, 3.63) is 33.9 Å². The number of hydrogen-bond donors (Lipinski definition) is 0. The monoisotopic (exact) mass is 335 g/mol. The largest absolute Gasteiger partial charge is 0.334 e. The van der Waals surface area contributed by atoms with E-state index in [0.717, 1.165) is 31.9 Å². The molecule has 0 saturated carbocycles. The topological polar surface area (TPSA) is 30.7 Å². The highest BCUT2D eigenvalue weighted by molar-refractivity contribution is 9.10. The molecule has 3 heterocycles. The molecule has 0 atom stereocenters. The van der Waals surface area contributed by atoms with Crippen molar-refractivity contribution >= 4 is 38.3 Å². The highest BCUT2D eigenvalue weighted by Crippen LogP contribution is 2.33. The molecule has 0 spiro atoms. The fourth-order valence-corrected chi connectivity index (χ4v) is 3.52. The number of rotatable bonds is 2. The smallest absolute Gasteiger partial charge is 0.171 e. The van der Waals surface area contributed by atoms with E-state index in [9.17, 15) is 0 Å². The second-order valence-electron chi connectivity index (χ2n) is 4.85. The quantitative estimate of drug-likeness (QED) is 0.686. The van der Waals surface area contributed by atoms with Gasteiger partial charge in [0.1, 0.15) is 5.65 Å². The van der Waals surface area contributed by atoms with Gasteiger partial charge in [-0.1, -0.05) is 19.9 Å². The van der Waals surface area contributed by atoms with Gasteiger partial charge in [0.25, 0.3) is 0 Å². The molecular weight excluding hydrogens is 322 g/mol. The van der Waals surface area contributed by atoms with E-state index in [0.29, 0.717) is 5.92 Å². The third-order valence-corrected chi connectivity index (χ3v) is 4.55. The predicted octanol–water partition coefficient (Wildman–Crippen LogP) is 4.58. The fourth-order valence-electron chi connectivity index (χ4n) is 2.18. The van der Waals surface area contributed by atoms with E-state index in [1.165, 1.54) is 0 Å². The Morgan fingerprint density at radius 3 is 2.74 bits per heavy atom. The molecule has 3 aromatic rings. The summed E-state index contributed by atoms with van der Waals surface area (Å²) in [6.45, 7) is 4.33. The molecule has 0 amide bonds. The number of hydrogen-bond acceptors (Lipinski definition) is 3. The lowest BCUT2D eigenvalue weighted by Gasteiger charge is -2.09. The second-order valence-corrected chi connectivity index (χ2v) is 6.65. The molecule has 0 N–H and O–H groups in total. The normalized spacial score (nSPS) is 11.6. The number of fused-ring (bicyclic) bond motifs is 1. The summed E-state index contributed by atoms with van der Waals surface area (Å²) in [5.74, 6) is 1.18. The van der Waals surface area contributed by atoms with Crippen molar-refractivity contribution in [2.75, 3.05) is 0 Å². The molecule has 3 aromatic heterocycles. The van der Waals surface area contributed by atoms with Gasteiger partial charge in [0.15, 0.2) is 5.82 Å². The Balaban J connectivity index is 2.36. The molecular formula is C14H14BrN3S. The van der Waals surface area contributed by atoms with Gasteiger partial charge in [-0.05, 0) is 33.3 Å². The van der Waals surface area contributed by atoms with Gasteiger partial charge >= 0.3 is 0 Å². The lowest BCUT2D eigenvalue weighted by molar-refractivity contribution is 0.828. The first-order valence-corrected chi connectivity index (χ1v) is 7.81. The van der Waals surface area contributed by atoms with E-state index in [2.05, 4.69) is 41.2 Å². The Morgan fingerprint density at radius 2 is 2.11 bits per heavy atom. The van der Waals surface area contributed by atoms with Crippen LogP contribution in [0.3, 0.4) is 0 Å². The van der Waals surface area contributed by atoms with Crippen LogP contribution in [-0.4, -0.2) is 14.5 Å². The number of nitrogens with zero attached hydrogens (tertiary/aromatic N) is 3. The minimum absolute atomic E-state index is 0.364. The molecule has 0 aliphatic rings. The summed E-state index contributed by atoms with van der Waals surface area (Å²) in [5.41, 5.74) is 2.08. The molecule has 0 radical (unpaired) electrons. The van der Waals surface area contributed by atoms with Crippen LogP contribution in [0.2, 0.25) is 0 Å². The Kier molecular flexibility index (Phi) is 3.19. The van der Waals surface area contributed by atoms with Crippen LogP contribution in [0, 0.1) is 0 Å². The van der Waals surface area contributed by atoms with Crippen molar-refractivity contribution in [3.63, 3.8) is 0 Å². The summed E-state index contributed by atoms with van der Waals surface area (Å²) in [5, 5.41) is 3.18. The minimum atomic E-state index is 0.364.